The van der Waals surface area contributed by atoms with Gasteiger partial charge in [0, 0.05) is 6.92 Å². The maximum Gasteiger partial charge on any atom is 0.189 e. The third-order valence-corrected chi connectivity index (χ3v) is 2.36. The molecule has 0 aromatic rings. The van der Waals surface area contributed by atoms with Crippen LogP contribution in [0.5, 0.6) is 0 Å². The standard InChI is InChI=1S/C9H22NO/c1-6-8-11-9(3)10(4,5)7-2/h9H,6-8H2,1-5H3/q+1. The summed E-state index contributed by atoms with van der Waals surface area (Å²) in [7, 11) is 4.39. The molecule has 0 N–H and O–H groups in total. The highest BCUT2D eigenvalue weighted by atomic mass is 16.5. The molecule has 1 unspecified atom stereocenters. The van der Waals surface area contributed by atoms with E-state index in [0.717, 1.165) is 24.1 Å². The molecule has 0 aliphatic heterocycles. The summed E-state index contributed by atoms with van der Waals surface area (Å²) in [5.74, 6) is 0. The minimum Gasteiger partial charge on any atom is -0.329 e. The van der Waals surface area contributed by atoms with E-state index in [4.69, 9.17) is 4.74 Å². The third kappa shape index (κ3) is 3.73. The van der Waals surface area contributed by atoms with Gasteiger partial charge < -0.3 is 9.22 Å². The number of hydrogen-bond donors (Lipinski definition) is 0. The van der Waals surface area contributed by atoms with Crippen molar-refractivity contribution < 1.29 is 9.22 Å². The van der Waals surface area contributed by atoms with Crippen molar-refractivity contribution in [2.45, 2.75) is 33.4 Å². The molecule has 0 radical (unpaired) electrons. The molecule has 68 valence electrons. The van der Waals surface area contributed by atoms with E-state index in [2.05, 4.69) is 34.9 Å². The summed E-state index contributed by atoms with van der Waals surface area (Å²) >= 11 is 0. The number of hydrogen-bond acceptors (Lipinski definition) is 1. The number of rotatable bonds is 5. The molecule has 0 rings (SSSR count). The molecule has 0 amide bonds. The molecule has 0 aliphatic rings. The average molecular weight is 160 g/mol. The summed E-state index contributed by atoms with van der Waals surface area (Å²) in [6.45, 7) is 8.46. The van der Waals surface area contributed by atoms with Crippen molar-refractivity contribution in [2.24, 2.45) is 0 Å². The fourth-order valence-electron chi connectivity index (χ4n) is 0.747. The lowest BCUT2D eigenvalue weighted by Gasteiger charge is -2.34. The van der Waals surface area contributed by atoms with E-state index in [1.807, 2.05) is 0 Å². The predicted octanol–water partition coefficient (Wildman–Crippen LogP) is 1.86. The molecule has 1 atom stereocenters. The highest BCUT2D eigenvalue weighted by Crippen LogP contribution is 2.06. The second kappa shape index (κ2) is 4.73. The number of quaternary nitrogens is 1. The van der Waals surface area contributed by atoms with Crippen LogP contribution in [-0.2, 0) is 4.74 Å². The Kier molecular flexibility index (Phi) is 4.69. The van der Waals surface area contributed by atoms with Gasteiger partial charge in [-0.1, -0.05) is 6.92 Å². The summed E-state index contributed by atoms with van der Waals surface area (Å²) in [5.41, 5.74) is 0. The Morgan fingerprint density at radius 3 is 2.18 bits per heavy atom. The van der Waals surface area contributed by atoms with Crippen LogP contribution in [-0.4, -0.2) is 38.0 Å². The monoisotopic (exact) mass is 160 g/mol. The first kappa shape index (κ1) is 10.9. The molecule has 0 saturated carbocycles. The van der Waals surface area contributed by atoms with E-state index in [9.17, 15) is 0 Å². The lowest BCUT2D eigenvalue weighted by atomic mass is 10.4. The second-order valence-corrected chi connectivity index (χ2v) is 3.56. The molecule has 0 spiro atoms. The van der Waals surface area contributed by atoms with E-state index in [1.54, 1.807) is 0 Å². The van der Waals surface area contributed by atoms with Gasteiger partial charge in [0.2, 0.25) is 0 Å². The highest BCUT2D eigenvalue weighted by molar-refractivity contribution is 4.34. The van der Waals surface area contributed by atoms with E-state index < -0.39 is 0 Å². The smallest absolute Gasteiger partial charge is 0.189 e. The predicted molar refractivity (Wildman–Crippen MR) is 48.4 cm³/mol. The molecule has 0 heterocycles. The van der Waals surface area contributed by atoms with Gasteiger partial charge in [-0.25, -0.2) is 0 Å². The third-order valence-electron chi connectivity index (χ3n) is 2.36. The number of ether oxygens (including phenoxy) is 1. The van der Waals surface area contributed by atoms with Gasteiger partial charge in [-0.15, -0.1) is 0 Å². The van der Waals surface area contributed by atoms with Crippen LogP contribution >= 0.6 is 0 Å². The molecule has 0 aromatic heterocycles. The fourth-order valence-corrected chi connectivity index (χ4v) is 0.747. The number of nitrogens with zero attached hydrogens (tertiary/aromatic N) is 1. The van der Waals surface area contributed by atoms with E-state index in [0.29, 0.717) is 6.23 Å². The van der Waals surface area contributed by atoms with Crippen molar-refractivity contribution in [2.75, 3.05) is 27.2 Å². The zero-order valence-electron chi connectivity index (χ0n) is 8.55. The Balaban J connectivity index is 3.71. The van der Waals surface area contributed by atoms with Gasteiger partial charge >= 0.3 is 0 Å². The fraction of sp³-hybridized carbons (Fsp3) is 1.00. The van der Waals surface area contributed by atoms with Gasteiger partial charge in [0.05, 0.1) is 27.2 Å². The molecule has 0 bridgehead atoms. The molecule has 0 aromatic carbocycles. The van der Waals surface area contributed by atoms with Gasteiger partial charge in [-0.3, -0.25) is 0 Å². The minimum atomic E-state index is 0.319. The van der Waals surface area contributed by atoms with Gasteiger partial charge in [0.1, 0.15) is 0 Å². The second-order valence-electron chi connectivity index (χ2n) is 3.56. The SMILES string of the molecule is CCCOC(C)[N+](C)(C)CC. The first-order valence-electron chi connectivity index (χ1n) is 4.48. The molecule has 0 fully saturated rings. The van der Waals surface area contributed by atoms with Crippen molar-refractivity contribution in [3.63, 3.8) is 0 Å². The molecular formula is C9H22NO+. The highest BCUT2D eigenvalue weighted by Gasteiger charge is 2.21. The lowest BCUT2D eigenvalue weighted by molar-refractivity contribution is -0.933. The van der Waals surface area contributed by atoms with Crippen molar-refractivity contribution in [3.8, 4) is 0 Å². The zero-order chi connectivity index (χ0) is 8.91. The summed E-state index contributed by atoms with van der Waals surface area (Å²) in [6.07, 6.45) is 1.42. The van der Waals surface area contributed by atoms with E-state index >= 15 is 0 Å². The van der Waals surface area contributed by atoms with Crippen LogP contribution in [0.15, 0.2) is 0 Å². The van der Waals surface area contributed by atoms with Crippen LogP contribution in [0.4, 0.5) is 0 Å². The maximum atomic E-state index is 5.62. The first-order chi connectivity index (χ1) is 5.04. The molecule has 0 saturated heterocycles. The average Bonchev–Trinajstić information content (AvgIpc) is 2.00. The molecule has 2 nitrogen and oxygen atoms in total. The Hall–Kier alpha value is -0.0800. The normalized spacial score (nSPS) is 15.0. The van der Waals surface area contributed by atoms with Crippen LogP contribution in [0.25, 0.3) is 0 Å². The topological polar surface area (TPSA) is 9.23 Å². The first-order valence-corrected chi connectivity index (χ1v) is 4.48. The van der Waals surface area contributed by atoms with Gasteiger partial charge in [0.25, 0.3) is 0 Å². The molecule has 2 heteroatoms. The molecule has 11 heavy (non-hydrogen) atoms. The Morgan fingerprint density at radius 1 is 1.27 bits per heavy atom. The van der Waals surface area contributed by atoms with Crippen molar-refractivity contribution in [1.29, 1.82) is 0 Å². The van der Waals surface area contributed by atoms with Gasteiger partial charge in [-0.05, 0) is 13.3 Å². The van der Waals surface area contributed by atoms with Gasteiger partial charge in [0.15, 0.2) is 6.23 Å². The Bertz CT molecular complexity index is 102. The summed E-state index contributed by atoms with van der Waals surface area (Å²) in [5, 5.41) is 0. The van der Waals surface area contributed by atoms with Crippen LogP contribution in [0.2, 0.25) is 0 Å². The molecule has 0 aliphatic carbocycles. The van der Waals surface area contributed by atoms with Gasteiger partial charge in [-0.2, -0.15) is 0 Å². The van der Waals surface area contributed by atoms with Crippen molar-refractivity contribution >= 4 is 0 Å². The van der Waals surface area contributed by atoms with Crippen molar-refractivity contribution in [1.82, 2.24) is 0 Å². The van der Waals surface area contributed by atoms with E-state index in [-0.39, 0.29) is 0 Å². The Labute approximate surface area is 70.7 Å². The van der Waals surface area contributed by atoms with Crippen molar-refractivity contribution in [3.05, 3.63) is 0 Å². The summed E-state index contributed by atoms with van der Waals surface area (Å²) in [6, 6.07) is 0. The minimum absolute atomic E-state index is 0.319. The van der Waals surface area contributed by atoms with Crippen LogP contribution < -0.4 is 0 Å². The molecular weight excluding hydrogens is 138 g/mol. The van der Waals surface area contributed by atoms with E-state index in [1.165, 1.54) is 0 Å². The van der Waals surface area contributed by atoms with Crippen LogP contribution in [0.1, 0.15) is 27.2 Å². The van der Waals surface area contributed by atoms with Crippen LogP contribution in [0.3, 0.4) is 0 Å². The van der Waals surface area contributed by atoms with Crippen LogP contribution in [0, 0.1) is 0 Å². The zero-order valence-corrected chi connectivity index (χ0v) is 8.55. The Morgan fingerprint density at radius 2 is 1.82 bits per heavy atom. The quantitative estimate of drug-likeness (QED) is 0.440. The summed E-state index contributed by atoms with van der Waals surface area (Å²) in [4.78, 5) is 0. The largest absolute Gasteiger partial charge is 0.329 e. The maximum absolute atomic E-state index is 5.62. The lowest BCUT2D eigenvalue weighted by Crippen LogP contribution is -2.48. The summed E-state index contributed by atoms with van der Waals surface area (Å²) < 4.78 is 6.56.